The van der Waals surface area contributed by atoms with Crippen LogP contribution in [0.5, 0.6) is 5.75 Å². The molecule has 1 fully saturated rings. The van der Waals surface area contributed by atoms with Gasteiger partial charge in [-0.1, -0.05) is 18.6 Å². The van der Waals surface area contributed by atoms with Gasteiger partial charge in [-0.3, -0.25) is 9.69 Å². The number of piperidine rings is 1. The Balaban J connectivity index is 1.58. The van der Waals surface area contributed by atoms with Crippen LogP contribution in [0.3, 0.4) is 0 Å². The van der Waals surface area contributed by atoms with Crippen molar-refractivity contribution in [3.05, 3.63) is 59.9 Å². The molecule has 28 heavy (non-hydrogen) atoms. The molecule has 6 heteroatoms. The Morgan fingerprint density at radius 1 is 1.11 bits per heavy atom. The quantitative estimate of drug-likeness (QED) is 0.670. The number of thioether (sulfide) groups is 1. The Morgan fingerprint density at radius 3 is 2.43 bits per heavy atom. The number of carbonyl (C=O) groups is 1. The van der Waals surface area contributed by atoms with Crippen LogP contribution in [0, 0.1) is 5.82 Å². The van der Waals surface area contributed by atoms with Crippen LogP contribution in [0.2, 0.25) is 0 Å². The molecule has 0 bridgehead atoms. The third-order valence-corrected chi connectivity index (χ3v) is 6.02. The van der Waals surface area contributed by atoms with Crippen molar-refractivity contribution in [1.29, 1.82) is 0 Å². The molecule has 1 aliphatic rings. The second kappa shape index (κ2) is 10.5. The maximum absolute atomic E-state index is 13.0. The molecule has 1 atom stereocenters. The summed E-state index contributed by atoms with van der Waals surface area (Å²) in [6.45, 7) is 2.68. The first-order valence-electron chi connectivity index (χ1n) is 9.69. The average Bonchev–Trinajstić information content (AvgIpc) is 2.74. The van der Waals surface area contributed by atoms with Crippen LogP contribution in [0.1, 0.15) is 30.9 Å². The molecule has 1 unspecified atom stereocenters. The summed E-state index contributed by atoms with van der Waals surface area (Å²) in [6, 6.07) is 14.5. The van der Waals surface area contributed by atoms with Gasteiger partial charge in [-0.15, -0.1) is 11.8 Å². The predicted molar refractivity (Wildman–Crippen MR) is 111 cm³/mol. The van der Waals surface area contributed by atoms with Crippen LogP contribution >= 0.6 is 11.8 Å². The fraction of sp³-hybridized carbons (Fsp3) is 0.409. The first-order valence-corrected chi connectivity index (χ1v) is 10.7. The minimum Gasteiger partial charge on any atom is -0.497 e. The highest BCUT2D eigenvalue weighted by Gasteiger charge is 2.23. The van der Waals surface area contributed by atoms with E-state index in [9.17, 15) is 9.18 Å². The number of likely N-dealkylation sites (tertiary alicyclic amines) is 1. The Hall–Kier alpha value is -2.05. The maximum Gasteiger partial charge on any atom is 0.230 e. The summed E-state index contributed by atoms with van der Waals surface area (Å²) in [6.07, 6.45) is 3.66. The lowest BCUT2D eigenvalue weighted by atomic mass is 10.0. The molecule has 2 aromatic rings. The van der Waals surface area contributed by atoms with Gasteiger partial charge in [0.1, 0.15) is 11.6 Å². The number of benzene rings is 2. The van der Waals surface area contributed by atoms with E-state index in [0.29, 0.717) is 12.3 Å². The van der Waals surface area contributed by atoms with Crippen LogP contribution < -0.4 is 10.1 Å². The van der Waals surface area contributed by atoms with E-state index in [4.69, 9.17) is 4.74 Å². The van der Waals surface area contributed by atoms with Crippen LogP contribution in [-0.4, -0.2) is 43.3 Å². The van der Waals surface area contributed by atoms with E-state index in [1.807, 2.05) is 12.1 Å². The summed E-state index contributed by atoms with van der Waals surface area (Å²) in [5, 5.41) is 3.08. The second-order valence-electron chi connectivity index (χ2n) is 6.93. The van der Waals surface area contributed by atoms with Crippen molar-refractivity contribution >= 4 is 17.7 Å². The van der Waals surface area contributed by atoms with Gasteiger partial charge in [-0.25, -0.2) is 4.39 Å². The van der Waals surface area contributed by atoms with Crippen molar-refractivity contribution in [1.82, 2.24) is 10.2 Å². The van der Waals surface area contributed by atoms with Crippen molar-refractivity contribution < 1.29 is 13.9 Å². The zero-order valence-electron chi connectivity index (χ0n) is 16.2. The Labute approximate surface area is 170 Å². The second-order valence-corrected chi connectivity index (χ2v) is 7.98. The average molecular weight is 403 g/mol. The molecule has 0 radical (unpaired) electrons. The van der Waals surface area contributed by atoms with Crippen molar-refractivity contribution in [3.63, 3.8) is 0 Å². The monoisotopic (exact) mass is 402 g/mol. The van der Waals surface area contributed by atoms with Crippen molar-refractivity contribution in [2.75, 3.05) is 32.5 Å². The highest BCUT2D eigenvalue weighted by atomic mass is 32.2. The van der Waals surface area contributed by atoms with Gasteiger partial charge in [0.25, 0.3) is 0 Å². The Bertz CT molecular complexity index is 746. The molecule has 0 saturated carbocycles. The number of hydrogen-bond acceptors (Lipinski definition) is 4. The van der Waals surface area contributed by atoms with E-state index in [2.05, 4.69) is 22.3 Å². The summed E-state index contributed by atoms with van der Waals surface area (Å²) in [5.41, 5.74) is 1.19. The van der Waals surface area contributed by atoms with Crippen LogP contribution in [0.4, 0.5) is 4.39 Å². The lowest BCUT2D eigenvalue weighted by Gasteiger charge is -2.35. The predicted octanol–water partition coefficient (Wildman–Crippen LogP) is 4.27. The lowest BCUT2D eigenvalue weighted by Crippen LogP contribution is -2.41. The molecular formula is C22H27FN2O2S. The summed E-state index contributed by atoms with van der Waals surface area (Å²) in [7, 11) is 1.66. The number of amides is 1. The van der Waals surface area contributed by atoms with Crippen molar-refractivity contribution in [2.45, 2.75) is 30.2 Å². The molecule has 0 spiro atoms. The molecule has 4 nitrogen and oxygen atoms in total. The van der Waals surface area contributed by atoms with Gasteiger partial charge in [0.05, 0.1) is 18.9 Å². The van der Waals surface area contributed by atoms with Crippen LogP contribution in [-0.2, 0) is 4.79 Å². The number of nitrogens with zero attached hydrogens (tertiary/aromatic N) is 1. The molecule has 0 aliphatic carbocycles. The fourth-order valence-corrected chi connectivity index (χ4v) is 4.18. The molecule has 1 amide bonds. The van der Waals surface area contributed by atoms with Crippen molar-refractivity contribution in [2.24, 2.45) is 0 Å². The van der Waals surface area contributed by atoms with Gasteiger partial charge in [0.15, 0.2) is 0 Å². The number of carbonyl (C=O) groups excluding carboxylic acids is 1. The molecule has 3 rings (SSSR count). The largest absolute Gasteiger partial charge is 0.497 e. The molecule has 1 N–H and O–H groups in total. The topological polar surface area (TPSA) is 41.6 Å². The summed E-state index contributed by atoms with van der Waals surface area (Å²) < 4.78 is 18.2. The zero-order valence-corrected chi connectivity index (χ0v) is 17.0. The SMILES string of the molecule is COc1ccc(C(CNC(=O)CSc2ccc(F)cc2)N2CCCCC2)cc1. The smallest absolute Gasteiger partial charge is 0.230 e. The van der Waals surface area contributed by atoms with E-state index >= 15 is 0 Å². The molecule has 1 aliphatic heterocycles. The van der Waals surface area contributed by atoms with E-state index in [-0.39, 0.29) is 17.8 Å². The van der Waals surface area contributed by atoms with Gasteiger partial charge < -0.3 is 10.1 Å². The van der Waals surface area contributed by atoms with E-state index in [1.54, 1.807) is 19.2 Å². The number of halogens is 1. The zero-order chi connectivity index (χ0) is 19.8. The minimum absolute atomic E-state index is 0.00940. The molecule has 1 heterocycles. The minimum atomic E-state index is -0.266. The molecule has 2 aromatic carbocycles. The molecule has 0 aromatic heterocycles. The molecule has 150 valence electrons. The molecule has 1 saturated heterocycles. The standard InChI is InChI=1S/C22H27FN2O2S/c1-27-19-9-5-17(6-10-19)21(25-13-3-2-4-14-25)15-24-22(26)16-28-20-11-7-18(23)8-12-20/h5-12,21H,2-4,13-16H2,1H3,(H,24,26). The Morgan fingerprint density at radius 2 is 1.79 bits per heavy atom. The summed E-state index contributed by atoms with van der Waals surface area (Å²) >= 11 is 1.42. The highest BCUT2D eigenvalue weighted by molar-refractivity contribution is 8.00. The van der Waals surface area contributed by atoms with Crippen LogP contribution in [0.15, 0.2) is 53.4 Å². The fourth-order valence-electron chi connectivity index (χ4n) is 3.46. The number of nitrogens with one attached hydrogen (secondary N) is 1. The lowest BCUT2D eigenvalue weighted by molar-refractivity contribution is -0.118. The van der Waals surface area contributed by atoms with Gasteiger partial charge in [0.2, 0.25) is 5.91 Å². The first-order chi connectivity index (χ1) is 13.7. The van der Waals surface area contributed by atoms with Gasteiger partial charge in [-0.2, -0.15) is 0 Å². The normalized spacial score (nSPS) is 15.8. The third kappa shape index (κ3) is 5.97. The summed E-state index contributed by atoms with van der Waals surface area (Å²) in [5.74, 6) is 0.879. The van der Waals surface area contributed by atoms with Gasteiger partial charge >= 0.3 is 0 Å². The van der Waals surface area contributed by atoms with E-state index in [0.717, 1.165) is 23.7 Å². The number of ether oxygens (including phenoxy) is 1. The number of rotatable bonds is 8. The number of hydrogen-bond donors (Lipinski definition) is 1. The van der Waals surface area contributed by atoms with E-state index < -0.39 is 0 Å². The first kappa shape index (κ1) is 20.7. The van der Waals surface area contributed by atoms with Gasteiger partial charge in [-0.05, 0) is 67.9 Å². The third-order valence-electron chi connectivity index (χ3n) is 5.01. The Kier molecular flexibility index (Phi) is 7.74. The molecular weight excluding hydrogens is 375 g/mol. The number of methoxy groups -OCH3 is 1. The van der Waals surface area contributed by atoms with Crippen molar-refractivity contribution in [3.8, 4) is 5.75 Å². The van der Waals surface area contributed by atoms with Crippen LogP contribution in [0.25, 0.3) is 0 Å². The highest BCUT2D eigenvalue weighted by Crippen LogP contribution is 2.26. The maximum atomic E-state index is 13.0. The van der Waals surface area contributed by atoms with E-state index in [1.165, 1.54) is 48.7 Å². The van der Waals surface area contributed by atoms with Gasteiger partial charge in [0, 0.05) is 11.4 Å². The summed E-state index contributed by atoms with van der Waals surface area (Å²) in [4.78, 5) is 15.7.